The van der Waals surface area contributed by atoms with Crippen molar-refractivity contribution in [3.8, 4) is 0 Å². The van der Waals surface area contributed by atoms with Crippen LogP contribution in [0.4, 0.5) is 11.4 Å². The molecule has 20 heavy (non-hydrogen) atoms. The topological polar surface area (TPSA) is 67.6 Å². The molecule has 2 aliphatic heterocycles. The minimum absolute atomic E-state index is 0.179. The average Bonchev–Trinajstić information content (AvgIpc) is 2.73. The Balaban J connectivity index is 1.91. The Labute approximate surface area is 123 Å². The predicted molar refractivity (Wildman–Crippen MR) is 79.3 cm³/mol. The molecule has 1 amide bonds. The number of halogens is 1. The van der Waals surface area contributed by atoms with E-state index in [1.165, 1.54) is 0 Å². The fraction of sp³-hybridized carbons (Fsp3) is 0.500. The van der Waals surface area contributed by atoms with Crippen LogP contribution in [0.25, 0.3) is 0 Å². The fourth-order valence-electron chi connectivity index (χ4n) is 2.72. The number of benzene rings is 1. The monoisotopic (exact) mass is 295 g/mol. The van der Waals surface area contributed by atoms with Gasteiger partial charge < -0.3 is 20.7 Å². The van der Waals surface area contributed by atoms with Gasteiger partial charge in [0, 0.05) is 24.3 Å². The highest BCUT2D eigenvalue weighted by atomic mass is 35.5. The molecule has 0 bridgehead atoms. The maximum atomic E-state index is 11.6. The van der Waals surface area contributed by atoms with Crippen molar-refractivity contribution in [3.63, 3.8) is 0 Å². The van der Waals surface area contributed by atoms with Crippen LogP contribution in [0.2, 0.25) is 5.02 Å². The Morgan fingerprint density at radius 1 is 1.55 bits per heavy atom. The molecule has 0 saturated carbocycles. The third kappa shape index (κ3) is 2.26. The van der Waals surface area contributed by atoms with Gasteiger partial charge in [0.05, 0.1) is 23.4 Å². The van der Waals surface area contributed by atoms with Gasteiger partial charge in [0.2, 0.25) is 5.91 Å². The van der Waals surface area contributed by atoms with E-state index in [-0.39, 0.29) is 12.0 Å². The first-order valence-electron chi connectivity index (χ1n) is 6.86. The number of morpholine rings is 1. The number of nitrogens with zero attached hydrogens (tertiary/aromatic N) is 1. The summed E-state index contributed by atoms with van der Waals surface area (Å²) in [5.41, 5.74) is 8.29. The summed E-state index contributed by atoms with van der Waals surface area (Å²) >= 11 is 6.37. The highest BCUT2D eigenvalue weighted by Crippen LogP contribution is 2.38. The maximum Gasteiger partial charge on any atom is 0.245 e. The van der Waals surface area contributed by atoms with Gasteiger partial charge in [-0.3, -0.25) is 4.79 Å². The van der Waals surface area contributed by atoms with Crippen LogP contribution in [0.3, 0.4) is 0 Å². The number of ether oxygens (including phenoxy) is 1. The lowest BCUT2D eigenvalue weighted by Gasteiger charge is -2.34. The zero-order chi connectivity index (χ0) is 14.3. The molecular weight excluding hydrogens is 278 g/mol. The molecule has 3 N–H and O–H groups in total. The number of nitrogens with two attached hydrogens (primary N) is 1. The van der Waals surface area contributed by atoms with Crippen LogP contribution in [0.5, 0.6) is 0 Å². The van der Waals surface area contributed by atoms with E-state index in [1.54, 1.807) is 6.07 Å². The number of carbonyl (C=O) groups is 1. The van der Waals surface area contributed by atoms with E-state index in [9.17, 15) is 4.79 Å². The molecule has 1 aromatic carbocycles. The number of amides is 1. The predicted octanol–water partition coefficient (Wildman–Crippen LogP) is 1.91. The van der Waals surface area contributed by atoms with Crippen LogP contribution in [-0.2, 0) is 9.53 Å². The largest absolute Gasteiger partial charge is 0.375 e. The fourth-order valence-corrected chi connectivity index (χ4v) is 3.01. The van der Waals surface area contributed by atoms with E-state index in [4.69, 9.17) is 22.1 Å². The summed E-state index contributed by atoms with van der Waals surface area (Å²) in [6.07, 6.45) is 1.20. The second kappa shape index (κ2) is 5.24. The third-order valence-electron chi connectivity index (χ3n) is 3.93. The zero-order valence-corrected chi connectivity index (χ0v) is 12.1. The summed E-state index contributed by atoms with van der Waals surface area (Å²) in [7, 11) is 0. The van der Waals surface area contributed by atoms with Crippen LogP contribution >= 0.6 is 11.6 Å². The first kappa shape index (κ1) is 13.7. The number of fused-ring (bicyclic) bond motifs is 1. The highest BCUT2D eigenvalue weighted by molar-refractivity contribution is 6.33. The van der Waals surface area contributed by atoms with Crippen LogP contribution in [0.15, 0.2) is 12.1 Å². The van der Waals surface area contributed by atoms with Gasteiger partial charge in [-0.05, 0) is 18.6 Å². The molecule has 2 heterocycles. The van der Waals surface area contributed by atoms with E-state index in [0.717, 1.165) is 36.4 Å². The molecular formula is C14H18ClN3O2. The van der Waals surface area contributed by atoms with E-state index >= 15 is 0 Å². The molecule has 5 nitrogen and oxygen atoms in total. The summed E-state index contributed by atoms with van der Waals surface area (Å²) in [5, 5.41) is 3.43. The van der Waals surface area contributed by atoms with Crippen molar-refractivity contribution in [2.45, 2.75) is 25.5 Å². The summed E-state index contributed by atoms with van der Waals surface area (Å²) in [4.78, 5) is 13.8. The summed E-state index contributed by atoms with van der Waals surface area (Å²) in [6, 6.07) is 3.09. The molecule has 0 radical (unpaired) electrons. The standard InChI is InChI=1S/C14H18ClN3O2/c1-2-8-7-18(3-4-20-8)12-6-11-9(5-10(12)15)13(16)14(19)17-11/h5-6,8,13H,2-4,7,16H2,1H3,(H,17,19). The molecule has 6 heteroatoms. The van der Waals surface area contributed by atoms with Gasteiger partial charge in [-0.1, -0.05) is 18.5 Å². The SMILES string of the molecule is CCC1CN(c2cc3c(cc2Cl)C(N)C(=O)N3)CCO1. The lowest BCUT2D eigenvalue weighted by molar-refractivity contribution is -0.116. The van der Waals surface area contributed by atoms with Gasteiger partial charge in [0.15, 0.2) is 0 Å². The molecule has 2 aliphatic rings. The minimum Gasteiger partial charge on any atom is -0.375 e. The van der Waals surface area contributed by atoms with Crippen LogP contribution in [-0.4, -0.2) is 31.7 Å². The van der Waals surface area contributed by atoms with Crippen molar-refractivity contribution in [2.75, 3.05) is 29.9 Å². The molecule has 0 aromatic heterocycles. The zero-order valence-electron chi connectivity index (χ0n) is 11.4. The number of carbonyl (C=O) groups excluding carboxylic acids is 1. The molecule has 1 saturated heterocycles. The molecule has 0 aliphatic carbocycles. The van der Waals surface area contributed by atoms with E-state index in [1.807, 2.05) is 6.07 Å². The van der Waals surface area contributed by atoms with Crippen molar-refractivity contribution < 1.29 is 9.53 Å². The number of rotatable bonds is 2. The molecule has 2 unspecified atom stereocenters. The minimum atomic E-state index is -0.621. The molecule has 1 aromatic rings. The molecule has 2 atom stereocenters. The smallest absolute Gasteiger partial charge is 0.245 e. The second-order valence-electron chi connectivity index (χ2n) is 5.20. The van der Waals surface area contributed by atoms with Crippen molar-refractivity contribution >= 4 is 28.9 Å². The van der Waals surface area contributed by atoms with E-state index in [0.29, 0.717) is 11.6 Å². The first-order valence-corrected chi connectivity index (χ1v) is 7.24. The Hall–Kier alpha value is -1.30. The van der Waals surface area contributed by atoms with Gasteiger partial charge in [0.25, 0.3) is 0 Å². The Morgan fingerprint density at radius 3 is 3.10 bits per heavy atom. The normalized spacial score (nSPS) is 25.6. The summed E-state index contributed by atoms with van der Waals surface area (Å²) in [5.74, 6) is -0.179. The quantitative estimate of drug-likeness (QED) is 0.874. The van der Waals surface area contributed by atoms with Gasteiger partial charge >= 0.3 is 0 Å². The van der Waals surface area contributed by atoms with Gasteiger partial charge in [0.1, 0.15) is 6.04 Å². The van der Waals surface area contributed by atoms with E-state index in [2.05, 4.69) is 17.1 Å². The van der Waals surface area contributed by atoms with Crippen molar-refractivity contribution in [1.29, 1.82) is 0 Å². The van der Waals surface area contributed by atoms with Crippen LogP contribution < -0.4 is 16.0 Å². The molecule has 1 fully saturated rings. The summed E-state index contributed by atoms with van der Waals surface area (Å²) < 4.78 is 5.67. The molecule has 108 valence electrons. The lowest BCUT2D eigenvalue weighted by atomic mass is 10.1. The lowest BCUT2D eigenvalue weighted by Crippen LogP contribution is -2.42. The number of hydrogen-bond donors (Lipinski definition) is 2. The highest BCUT2D eigenvalue weighted by Gasteiger charge is 2.30. The number of hydrogen-bond acceptors (Lipinski definition) is 4. The summed E-state index contributed by atoms with van der Waals surface area (Å²) in [6.45, 7) is 4.42. The first-order chi connectivity index (χ1) is 9.60. The van der Waals surface area contributed by atoms with Crippen LogP contribution in [0, 0.1) is 0 Å². The number of nitrogens with one attached hydrogen (secondary N) is 1. The molecule has 0 spiro atoms. The third-order valence-corrected chi connectivity index (χ3v) is 4.23. The van der Waals surface area contributed by atoms with Gasteiger partial charge in [-0.2, -0.15) is 0 Å². The average molecular weight is 296 g/mol. The Morgan fingerprint density at radius 2 is 2.35 bits per heavy atom. The van der Waals surface area contributed by atoms with Crippen molar-refractivity contribution in [3.05, 3.63) is 22.7 Å². The Kier molecular flexibility index (Phi) is 3.58. The Bertz CT molecular complexity index is 549. The molecule has 3 rings (SSSR count). The van der Waals surface area contributed by atoms with Crippen LogP contribution in [0.1, 0.15) is 24.9 Å². The number of anilines is 2. The second-order valence-corrected chi connectivity index (χ2v) is 5.61. The van der Waals surface area contributed by atoms with Gasteiger partial charge in [-0.25, -0.2) is 0 Å². The van der Waals surface area contributed by atoms with Crippen molar-refractivity contribution in [2.24, 2.45) is 5.73 Å². The maximum absolute atomic E-state index is 11.6. The van der Waals surface area contributed by atoms with Gasteiger partial charge in [-0.15, -0.1) is 0 Å². The van der Waals surface area contributed by atoms with Crippen molar-refractivity contribution in [1.82, 2.24) is 0 Å². The van der Waals surface area contributed by atoms with E-state index < -0.39 is 6.04 Å².